The third kappa shape index (κ3) is 2.76. The second-order valence-corrected chi connectivity index (χ2v) is 5.01. The molecule has 2 heterocycles. The molecule has 2 rings (SSSR count). The van der Waals surface area contributed by atoms with E-state index >= 15 is 0 Å². The molecule has 0 bridgehead atoms. The first-order valence-electron chi connectivity index (χ1n) is 6.36. The molecule has 0 aliphatic carbocycles. The summed E-state index contributed by atoms with van der Waals surface area (Å²) < 4.78 is 0. The summed E-state index contributed by atoms with van der Waals surface area (Å²) in [4.78, 5) is 26.9. The fourth-order valence-corrected chi connectivity index (χ4v) is 2.42. The van der Waals surface area contributed by atoms with Crippen molar-refractivity contribution in [2.24, 2.45) is 11.7 Å². The van der Waals surface area contributed by atoms with Crippen molar-refractivity contribution in [2.45, 2.75) is 25.8 Å². The van der Waals surface area contributed by atoms with Crippen LogP contribution in [0, 0.1) is 16.0 Å². The number of H-pyrrole nitrogens is 1. The summed E-state index contributed by atoms with van der Waals surface area (Å²) >= 11 is 0. The molecule has 0 radical (unpaired) electrons. The number of nitrogens with one attached hydrogen (secondary N) is 1. The number of carbonyl (C=O) groups excluding carboxylic acids is 1. The van der Waals surface area contributed by atoms with Crippen molar-refractivity contribution in [2.75, 3.05) is 13.1 Å². The highest BCUT2D eigenvalue weighted by Gasteiger charge is 2.30. The number of carbonyl (C=O) groups is 1. The Morgan fingerprint density at radius 1 is 1.63 bits per heavy atom. The third-order valence-electron chi connectivity index (χ3n) is 3.68. The molecule has 1 amide bonds. The number of piperidine rings is 1. The molecule has 0 saturated carbocycles. The highest BCUT2D eigenvalue weighted by atomic mass is 16.6. The molecule has 1 aliphatic heterocycles. The summed E-state index contributed by atoms with van der Waals surface area (Å²) in [5.41, 5.74) is 5.82. The van der Waals surface area contributed by atoms with E-state index in [0.717, 1.165) is 12.8 Å². The Kier molecular flexibility index (Phi) is 3.84. The Bertz CT molecular complexity index is 485. The number of aromatic nitrogens is 1. The molecule has 1 fully saturated rings. The topological polar surface area (TPSA) is 105 Å². The van der Waals surface area contributed by atoms with E-state index in [2.05, 4.69) is 4.98 Å². The van der Waals surface area contributed by atoms with E-state index in [1.807, 2.05) is 6.92 Å². The first kappa shape index (κ1) is 13.5. The van der Waals surface area contributed by atoms with Gasteiger partial charge in [0.2, 0.25) is 0 Å². The minimum atomic E-state index is -0.518. The van der Waals surface area contributed by atoms with Crippen LogP contribution in [0.4, 0.5) is 5.69 Å². The normalized spacial score (nSPS) is 23.4. The van der Waals surface area contributed by atoms with Gasteiger partial charge in [0, 0.05) is 18.7 Å². The van der Waals surface area contributed by atoms with Gasteiger partial charge in [0.15, 0.2) is 0 Å². The fourth-order valence-electron chi connectivity index (χ4n) is 2.42. The Morgan fingerprint density at radius 3 is 2.95 bits per heavy atom. The second kappa shape index (κ2) is 5.40. The van der Waals surface area contributed by atoms with Crippen LogP contribution in [0.1, 0.15) is 30.3 Å². The molecule has 2 unspecified atom stereocenters. The monoisotopic (exact) mass is 266 g/mol. The Hall–Kier alpha value is -1.89. The number of likely N-dealkylation sites (tertiary alicyclic amines) is 1. The molecule has 104 valence electrons. The lowest BCUT2D eigenvalue weighted by atomic mass is 9.93. The van der Waals surface area contributed by atoms with Gasteiger partial charge >= 0.3 is 0 Å². The van der Waals surface area contributed by atoms with Gasteiger partial charge in [0.05, 0.1) is 11.1 Å². The zero-order chi connectivity index (χ0) is 14.0. The van der Waals surface area contributed by atoms with Crippen LogP contribution in [0.15, 0.2) is 12.3 Å². The number of aromatic amines is 1. The van der Waals surface area contributed by atoms with Gasteiger partial charge in [-0.3, -0.25) is 14.9 Å². The summed E-state index contributed by atoms with van der Waals surface area (Å²) in [7, 11) is 0. The van der Waals surface area contributed by atoms with E-state index in [1.54, 1.807) is 4.90 Å². The fraction of sp³-hybridized carbons (Fsp3) is 0.583. The molecule has 0 spiro atoms. The Balaban J connectivity index is 2.14. The lowest BCUT2D eigenvalue weighted by Gasteiger charge is -2.37. The van der Waals surface area contributed by atoms with Crippen molar-refractivity contribution in [1.82, 2.24) is 9.88 Å². The maximum Gasteiger partial charge on any atom is 0.287 e. The van der Waals surface area contributed by atoms with E-state index in [-0.39, 0.29) is 23.3 Å². The van der Waals surface area contributed by atoms with Gasteiger partial charge < -0.3 is 15.6 Å². The van der Waals surface area contributed by atoms with Crippen LogP contribution in [0.5, 0.6) is 0 Å². The number of amides is 1. The van der Waals surface area contributed by atoms with Crippen LogP contribution < -0.4 is 5.73 Å². The average molecular weight is 266 g/mol. The maximum atomic E-state index is 12.3. The summed E-state index contributed by atoms with van der Waals surface area (Å²) in [5, 5.41) is 10.6. The summed E-state index contributed by atoms with van der Waals surface area (Å²) in [6.07, 6.45) is 3.17. The van der Waals surface area contributed by atoms with Crippen molar-refractivity contribution in [1.29, 1.82) is 0 Å². The number of hydrogen-bond acceptors (Lipinski definition) is 4. The van der Waals surface area contributed by atoms with Crippen LogP contribution in [0.3, 0.4) is 0 Å². The van der Waals surface area contributed by atoms with Crippen LogP contribution in [-0.2, 0) is 0 Å². The molecule has 7 nitrogen and oxygen atoms in total. The second-order valence-electron chi connectivity index (χ2n) is 5.01. The highest BCUT2D eigenvalue weighted by molar-refractivity contribution is 5.93. The summed E-state index contributed by atoms with van der Waals surface area (Å²) in [6.45, 7) is 3.16. The molecule has 0 aromatic carbocycles. The number of rotatable bonds is 3. The van der Waals surface area contributed by atoms with Gasteiger partial charge in [-0.1, -0.05) is 0 Å². The van der Waals surface area contributed by atoms with Gasteiger partial charge in [-0.15, -0.1) is 0 Å². The molecule has 2 atom stereocenters. The van der Waals surface area contributed by atoms with Crippen molar-refractivity contribution < 1.29 is 9.72 Å². The van der Waals surface area contributed by atoms with Gasteiger partial charge in [-0.25, -0.2) is 0 Å². The van der Waals surface area contributed by atoms with E-state index in [9.17, 15) is 14.9 Å². The van der Waals surface area contributed by atoms with Crippen molar-refractivity contribution in [3.63, 3.8) is 0 Å². The molecule has 19 heavy (non-hydrogen) atoms. The predicted molar refractivity (Wildman–Crippen MR) is 69.7 cm³/mol. The minimum absolute atomic E-state index is 0.0941. The van der Waals surface area contributed by atoms with E-state index in [1.165, 1.54) is 12.3 Å². The van der Waals surface area contributed by atoms with Gasteiger partial charge in [0.1, 0.15) is 5.69 Å². The van der Waals surface area contributed by atoms with Gasteiger partial charge in [-0.2, -0.15) is 0 Å². The maximum absolute atomic E-state index is 12.3. The third-order valence-corrected chi connectivity index (χ3v) is 3.68. The van der Waals surface area contributed by atoms with E-state index in [0.29, 0.717) is 19.0 Å². The number of nitrogens with zero attached hydrogens (tertiary/aromatic N) is 2. The molecular formula is C12H18N4O3. The Labute approximate surface area is 110 Å². The lowest BCUT2D eigenvalue weighted by molar-refractivity contribution is -0.384. The first-order valence-corrected chi connectivity index (χ1v) is 6.36. The first-order chi connectivity index (χ1) is 9.02. The number of nitrogens with two attached hydrogens (primary N) is 1. The van der Waals surface area contributed by atoms with Gasteiger partial charge in [-0.05, 0) is 32.2 Å². The smallest absolute Gasteiger partial charge is 0.287 e. The zero-order valence-electron chi connectivity index (χ0n) is 10.8. The molecule has 3 N–H and O–H groups in total. The quantitative estimate of drug-likeness (QED) is 0.631. The number of nitro groups is 1. The molecule has 1 saturated heterocycles. The molecule has 7 heteroatoms. The van der Waals surface area contributed by atoms with Crippen LogP contribution in [0.25, 0.3) is 0 Å². The highest BCUT2D eigenvalue weighted by Crippen LogP contribution is 2.23. The lowest BCUT2D eigenvalue weighted by Crippen LogP contribution is -2.47. The van der Waals surface area contributed by atoms with Crippen molar-refractivity contribution in [3.05, 3.63) is 28.1 Å². The standard InChI is InChI=1S/C12H18N4O3/c1-8-2-3-9(5-13)7-15(8)12(17)11-4-10(6-14-11)16(18)19/h4,6,8-9,14H,2-3,5,7,13H2,1H3. The van der Waals surface area contributed by atoms with Crippen LogP contribution in [-0.4, -0.2) is 39.8 Å². The summed E-state index contributed by atoms with van der Waals surface area (Å²) in [5.74, 6) is 0.115. The minimum Gasteiger partial charge on any atom is -0.351 e. The molecule has 1 aromatic heterocycles. The summed E-state index contributed by atoms with van der Waals surface area (Å²) in [6, 6.07) is 1.42. The average Bonchev–Trinajstić information content (AvgIpc) is 2.88. The van der Waals surface area contributed by atoms with Crippen molar-refractivity contribution in [3.8, 4) is 0 Å². The van der Waals surface area contributed by atoms with E-state index < -0.39 is 4.92 Å². The SMILES string of the molecule is CC1CCC(CN)CN1C(=O)c1cc([N+](=O)[O-])c[nH]1. The molecule has 1 aliphatic rings. The Morgan fingerprint density at radius 2 is 2.37 bits per heavy atom. The predicted octanol–water partition coefficient (Wildman–Crippen LogP) is 1.12. The largest absolute Gasteiger partial charge is 0.351 e. The number of hydrogen-bond donors (Lipinski definition) is 2. The van der Waals surface area contributed by atoms with Gasteiger partial charge in [0.25, 0.3) is 11.6 Å². The van der Waals surface area contributed by atoms with E-state index in [4.69, 9.17) is 5.73 Å². The molecule has 1 aromatic rings. The molecular weight excluding hydrogens is 248 g/mol. The van der Waals surface area contributed by atoms with Crippen LogP contribution in [0.2, 0.25) is 0 Å². The van der Waals surface area contributed by atoms with Crippen LogP contribution >= 0.6 is 0 Å². The van der Waals surface area contributed by atoms with Crippen molar-refractivity contribution >= 4 is 11.6 Å². The zero-order valence-corrected chi connectivity index (χ0v) is 10.8.